The summed E-state index contributed by atoms with van der Waals surface area (Å²) in [5.41, 5.74) is 8.39. The molecule has 2 aromatic heterocycles. The number of amides is 1. The number of thiophene rings is 1. The Morgan fingerprint density at radius 2 is 1.96 bits per heavy atom. The van der Waals surface area contributed by atoms with Crippen molar-refractivity contribution in [1.82, 2.24) is 9.55 Å². The molecule has 0 aliphatic heterocycles. The van der Waals surface area contributed by atoms with Crippen molar-refractivity contribution in [1.29, 1.82) is 0 Å². The molecule has 2 N–H and O–H groups in total. The molecule has 0 spiro atoms. The van der Waals surface area contributed by atoms with Crippen LogP contribution in [0.25, 0.3) is 21.3 Å². The molecule has 0 saturated carbocycles. The number of fused-ring (bicyclic) bond motifs is 1. The molecule has 1 atom stereocenters. The summed E-state index contributed by atoms with van der Waals surface area (Å²) in [5.74, 6) is 0.133. The lowest BCUT2D eigenvalue weighted by molar-refractivity contribution is -0.121. The van der Waals surface area contributed by atoms with Gasteiger partial charge < -0.3 is 5.73 Å². The highest BCUT2D eigenvalue weighted by Gasteiger charge is 2.24. The van der Waals surface area contributed by atoms with Crippen molar-refractivity contribution in [2.24, 2.45) is 5.73 Å². The van der Waals surface area contributed by atoms with Crippen molar-refractivity contribution in [3.63, 3.8) is 0 Å². The summed E-state index contributed by atoms with van der Waals surface area (Å²) >= 11 is 1.46. The fourth-order valence-corrected chi connectivity index (χ4v) is 4.18. The molecule has 0 bridgehead atoms. The highest BCUT2D eigenvalue weighted by Crippen LogP contribution is 2.32. The second-order valence-electron chi connectivity index (χ2n) is 6.48. The summed E-state index contributed by atoms with van der Waals surface area (Å²) in [7, 11) is 0. The number of nitrogens with zero attached hydrogens (tertiary/aromatic N) is 2. The lowest BCUT2D eigenvalue weighted by Crippen LogP contribution is -2.36. The van der Waals surface area contributed by atoms with Crippen molar-refractivity contribution in [2.45, 2.75) is 46.1 Å². The minimum atomic E-state index is -0.674. The Hall–Kier alpha value is -2.47. The third-order valence-electron chi connectivity index (χ3n) is 4.58. The van der Waals surface area contributed by atoms with Crippen molar-refractivity contribution in [3.05, 3.63) is 51.4 Å². The zero-order chi connectivity index (χ0) is 18.8. The molecule has 26 heavy (non-hydrogen) atoms. The molecule has 5 nitrogen and oxygen atoms in total. The van der Waals surface area contributed by atoms with Crippen LogP contribution in [0.5, 0.6) is 0 Å². The number of carbonyl (C=O) groups excluding carboxylic acids is 1. The number of rotatable bonds is 6. The number of aromatic nitrogens is 2. The Bertz CT molecular complexity index is 1000. The number of hydrogen-bond acceptors (Lipinski definition) is 4. The number of aryl methyl sites for hydroxylation is 2. The molecule has 0 fully saturated rings. The SMILES string of the molecule is CCCc1nc2scc(-c3ccc(C)cc3)c2c(=O)n1C(CC)C(N)=O. The van der Waals surface area contributed by atoms with Crippen molar-refractivity contribution in [3.8, 4) is 11.1 Å². The van der Waals surface area contributed by atoms with Gasteiger partial charge in [0.05, 0.1) is 5.39 Å². The molecule has 0 radical (unpaired) electrons. The maximum absolute atomic E-state index is 13.4. The average molecular weight is 369 g/mol. The highest BCUT2D eigenvalue weighted by atomic mass is 32.1. The molecule has 2 heterocycles. The summed E-state index contributed by atoms with van der Waals surface area (Å²) < 4.78 is 1.51. The van der Waals surface area contributed by atoms with Gasteiger partial charge in [0.15, 0.2) is 0 Å². The fraction of sp³-hybridized carbons (Fsp3) is 0.350. The van der Waals surface area contributed by atoms with Crippen LogP contribution in [0.3, 0.4) is 0 Å². The topological polar surface area (TPSA) is 78.0 Å². The first-order valence-electron chi connectivity index (χ1n) is 8.86. The summed E-state index contributed by atoms with van der Waals surface area (Å²) in [5, 5.41) is 2.54. The van der Waals surface area contributed by atoms with Crippen LogP contribution in [0, 0.1) is 6.92 Å². The molecule has 0 saturated heterocycles. The minimum absolute atomic E-state index is 0.180. The van der Waals surface area contributed by atoms with Crippen molar-refractivity contribution in [2.75, 3.05) is 0 Å². The van der Waals surface area contributed by atoms with Gasteiger partial charge in [0, 0.05) is 17.4 Å². The normalized spacial score (nSPS) is 12.4. The van der Waals surface area contributed by atoms with Crippen LogP contribution >= 0.6 is 11.3 Å². The first kappa shape index (κ1) is 18.3. The maximum atomic E-state index is 13.4. The molecular weight excluding hydrogens is 346 g/mol. The van der Waals surface area contributed by atoms with Gasteiger partial charge in [-0.25, -0.2) is 4.98 Å². The minimum Gasteiger partial charge on any atom is -0.368 e. The Balaban J connectivity index is 2.31. The molecule has 6 heteroatoms. The number of nitrogens with two attached hydrogens (primary N) is 1. The third kappa shape index (κ3) is 3.17. The van der Waals surface area contributed by atoms with E-state index < -0.39 is 11.9 Å². The predicted molar refractivity (Wildman–Crippen MR) is 107 cm³/mol. The lowest BCUT2D eigenvalue weighted by atomic mass is 10.0. The molecule has 0 aliphatic rings. The van der Waals surface area contributed by atoms with E-state index in [2.05, 4.69) is 0 Å². The second-order valence-corrected chi connectivity index (χ2v) is 7.33. The second kappa shape index (κ2) is 7.41. The number of carbonyl (C=O) groups is 1. The first-order chi connectivity index (χ1) is 12.5. The Labute approximate surface area is 156 Å². The smallest absolute Gasteiger partial charge is 0.263 e. The van der Waals surface area contributed by atoms with Crippen LogP contribution in [-0.2, 0) is 11.2 Å². The van der Waals surface area contributed by atoms with Gasteiger partial charge in [-0.3, -0.25) is 14.2 Å². The summed E-state index contributed by atoms with van der Waals surface area (Å²) in [6, 6.07) is 7.38. The molecule has 1 amide bonds. The number of hydrogen-bond donors (Lipinski definition) is 1. The van der Waals surface area contributed by atoms with E-state index >= 15 is 0 Å². The van der Waals surface area contributed by atoms with Crippen LogP contribution in [0.4, 0.5) is 0 Å². The van der Waals surface area contributed by atoms with E-state index in [1.54, 1.807) is 0 Å². The number of primary amides is 1. The van der Waals surface area contributed by atoms with E-state index in [9.17, 15) is 9.59 Å². The zero-order valence-electron chi connectivity index (χ0n) is 15.3. The zero-order valence-corrected chi connectivity index (χ0v) is 16.1. The molecular formula is C20H23N3O2S. The van der Waals surface area contributed by atoms with Crippen LogP contribution in [0.2, 0.25) is 0 Å². The van der Waals surface area contributed by atoms with Crippen molar-refractivity contribution < 1.29 is 4.79 Å². The van der Waals surface area contributed by atoms with Crippen LogP contribution in [-0.4, -0.2) is 15.5 Å². The maximum Gasteiger partial charge on any atom is 0.263 e. The van der Waals surface area contributed by atoms with Crippen LogP contribution in [0.15, 0.2) is 34.4 Å². The summed E-state index contributed by atoms with van der Waals surface area (Å²) in [6.45, 7) is 5.91. The monoisotopic (exact) mass is 369 g/mol. The van der Waals surface area contributed by atoms with Crippen molar-refractivity contribution >= 4 is 27.5 Å². The Morgan fingerprint density at radius 3 is 2.54 bits per heavy atom. The summed E-state index contributed by atoms with van der Waals surface area (Å²) in [6.07, 6.45) is 1.93. The lowest BCUT2D eigenvalue weighted by Gasteiger charge is -2.19. The van der Waals surface area contributed by atoms with E-state index in [-0.39, 0.29) is 5.56 Å². The summed E-state index contributed by atoms with van der Waals surface area (Å²) in [4.78, 5) is 30.7. The van der Waals surface area contributed by atoms with Gasteiger partial charge in [-0.05, 0) is 25.3 Å². The van der Waals surface area contributed by atoms with E-state index in [0.29, 0.717) is 28.9 Å². The number of benzene rings is 1. The first-order valence-corrected chi connectivity index (χ1v) is 9.74. The van der Waals surface area contributed by atoms with Gasteiger partial charge in [0.1, 0.15) is 16.7 Å². The van der Waals surface area contributed by atoms with E-state index in [1.807, 2.05) is 50.4 Å². The van der Waals surface area contributed by atoms with Gasteiger partial charge in [-0.15, -0.1) is 11.3 Å². The highest BCUT2D eigenvalue weighted by molar-refractivity contribution is 7.17. The van der Waals surface area contributed by atoms with Gasteiger partial charge >= 0.3 is 0 Å². The molecule has 3 aromatic rings. The molecule has 136 valence electrons. The largest absolute Gasteiger partial charge is 0.368 e. The molecule has 1 unspecified atom stereocenters. The Kier molecular flexibility index (Phi) is 5.23. The molecule has 1 aromatic carbocycles. The van der Waals surface area contributed by atoms with Gasteiger partial charge in [0.25, 0.3) is 5.56 Å². The standard InChI is InChI=1S/C20H23N3O2S/c1-4-6-16-22-19-17(20(25)23(16)15(5-2)18(21)24)14(11-26-19)13-9-7-12(3)8-10-13/h7-11,15H,4-6H2,1-3H3,(H2,21,24). The van der Waals surface area contributed by atoms with Gasteiger partial charge in [-0.1, -0.05) is 43.7 Å². The Morgan fingerprint density at radius 1 is 1.27 bits per heavy atom. The molecule has 3 rings (SSSR count). The van der Waals surface area contributed by atoms with Crippen LogP contribution < -0.4 is 11.3 Å². The average Bonchev–Trinajstić information content (AvgIpc) is 3.03. The van der Waals surface area contributed by atoms with Gasteiger partial charge in [-0.2, -0.15) is 0 Å². The van der Waals surface area contributed by atoms with Crippen LogP contribution in [0.1, 0.15) is 44.1 Å². The third-order valence-corrected chi connectivity index (χ3v) is 5.45. The molecule has 0 aliphatic carbocycles. The quantitative estimate of drug-likeness (QED) is 0.717. The van der Waals surface area contributed by atoms with Gasteiger partial charge in [0.2, 0.25) is 5.91 Å². The predicted octanol–water partition coefficient (Wildman–Crippen LogP) is 3.82. The fourth-order valence-electron chi connectivity index (χ4n) is 3.22. The van der Waals surface area contributed by atoms with E-state index in [0.717, 1.165) is 23.1 Å². The van der Waals surface area contributed by atoms with E-state index in [1.165, 1.54) is 15.9 Å². The van der Waals surface area contributed by atoms with E-state index in [4.69, 9.17) is 10.7 Å².